The zero-order valence-electron chi connectivity index (χ0n) is 12.6. The molecule has 0 aliphatic heterocycles. The maximum Gasteiger partial charge on any atom is 0.326 e. The van der Waals surface area contributed by atoms with E-state index < -0.39 is 18.0 Å². The Bertz CT molecular complexity index is 490. The molecule has 0 bridgehead atoms. The van der Waals surface area contributed by atoms with Crippen LogP contribution in [0.5, 0.6) is 0 Å². The second-order valence-corrected chi connectivity index (χ2v) is 4.71. The summed E-state index contributed by atoms with van der Waals surface area (Å²) in [6.07, 6.45) is 0.225. The number of carboxylic acid groups (broad SMARTS) is 1. The molecule has 0 saturated carbocycles. The molecular weight excluding hydrogens is 272 g/mol. The fourth-order valence-corrected chi connectivity index (χ4v) is 1.96. The van der Waals surface area contributed by atoms with Crippen molar-refractivity contribution >= 4 is 17.7 Å². The van der Waals surface area contributed by atoms with Gasteiger partial charge in [0.15, 0.2) is 0 Å². The molecular formula is C15H22N2O4. The van der Waals surface area contributed by atoms with Crippen molar-refractivity contribution in [3.63, 3.8) is 0 Å². The maximum absolute atomic E-state index is 12.3. The van der Waals surface area contributed by atoms with E-state index in [0.29, 0.717) is 6.54 Å². The number of carbonyl (C=O) groups excluding carboxylic acids is 1. The number of aliphatic carboxylic acids is 1. The first kappa shape index (κ1) is 17.0. The van der Waals surface area contributed by atoms with Gasteiger partial charge < -0.3 is 15.2 Å². The predicted octanol–water partition coefficient (Wildman–Crippen LogP) is 2.02. The van der Waals surface area contributed by atoms with Gasteiger partial charge in [-0.3, -0.25) is 4.90 Å². The molecule has 0 aliphatic rings. The minimum atomic E-state index is -1.07. The lowest BCUT2D eigenvalue weighted by Gasteiger charge is -2.24. The number of hydrogen-bond donors (Lipinski definition) is 2. The molecule has 1 aromatic carbocycles. The summed E-state index contributed by atoms with van der Waals surface area (Å²) in [5.74, 6) is -1.07. The van der Waals surface area contributed by atoms with Gasteiger partial charge in [0.05, 0.1) is 0 Å². The summed E-state index contributed by atoms with van der Waals surface area (Å²) in [6.45, 7) is 4.50. The molecule has 0 saturated heterocycles. The van der Waals surface area contributed by atoms with Crippen molar-refractivity contribution in [3.8, 4) is 0 Å². The number of aryl methyl sites for hydroxylation is 1. The van der Waals surface area contributed by atoms with E-state index in [-0.39, 0.29) is 13.0 Å². The van der Waals surface area contributed by atoms with Gasteiger partial charge in [0.1, 0.15) is 6.04 Å². The Kier molecular flexibility index (Phi) is 6.68. The third kappa shape index (κ3) is 5.07. The van der Waals surface area contributed by atoms with Gasteiger partial charge >= 0.3 is 12.0 Å². The Morgan fingerprint density at radius 2 is 2.14 bits per heavy atom. The maximum atomic E-state index is 12.3. The lowest BCUT2D eigenvalue weighted by molar-refractivity contribution is -0.139. The van der Waals surface area contributed by atoms with E-state index in [0.717, 1.165) is 11.3 Å². The zero-order valence-corrected chi connectivity index (χ0v) is 12.6. The summed E-state index contributed by atoms with van der Waals surface area (Å²) in [4.78, 5) is 24.9. The molecule has 6 heteroatoms. The number of hydrogen-bond acceptors (Lipinski definition) is 3. The molecule has 6 nitrogen and oxygen atoms in total. The molecule has 0 heterocycles. The number of rotatable bonds is 7. The number of methoxy groups -OCH3 is 1. The lowest BCUT2D eigenvalue weighted by atomic mass is 10.2. The highest BCUT2D eigenvalue weighted by molar-refractivity contribution is 5.94. The highest BCUT2D eigenvalue weighted by atomic mass is 16.5. The molecule has 1 unspecified atom stereocenters. The van der Waals surface area contributed by atoms with Crippen LogP contribution >= 0.6 is 0 Å². The van der Waals surface area contributed by atoms with E-state index in [1.807, 2.05) is 38.1 Å². The number of nitrogens with one attached hydrogen (secondary N) is 1. The first-order valence-corrected chi connectivity index (χ1v) is 6.86. The van der Waals surface area contributed by atoms with Crippen LogP contribution in [0.4, 0.5) is 10.5 Å². The van der Waals surface area contributed by atoms with Crippen LogP contribution in [0.15, 0.2) is 24.3 Å². The minimum absolute atomic E-state index is 0.225. The molecule has 0 aromatic heterocycles. The van der Waals surface area contributed by atoms with E-state index in [9.17, 15) is 9.59 Å². The van der Waals surface area contributed by atoms with Gasteiger partial charge in [-0.05, 0) is 31.5 Å². The highest BCUT2D eigenvalue weighted by Crippen LogP contribution is 2.16. The molecule has 1 aromatic rings. The summed E-state index contributed by atoms with van der Waals surface area (Å²) in [5.41, 5.74) is 1.78. The van der Waals surface area contributed by atoms with E-state index in [4.69, 9.17) is 9.84 Å². The van der Waals surface area contributed by atoms with Gasteiger partial charge in [0.25, 0.3) is 0 Å². The number of urea groups is 1. The molecule has 0 fully saturated rings. The van der Waals surface area contributed by atoms with Crippen LogP contribution in [0.1, 0.15) is 18.9 Å². The number of carbonyl (C=O) groups is 2. The normalized spacial score (nSPS) is 11.8. The number of ether oxygens (including phenoxy) is 1. The molecule has 0 aliphatic carbocycles. The van der Waals surface area contributed by atoms with Gasteiger partial charge in [-0.15, -0.1) is 0 Å². The Hall–Kier alpha value is -2.08. The van der Waals surface area contributed by atoms with Crippen LogP contribution in [-0.2, 0) is 9.53 Å². The number of anilines is 1. The topological polar surface area (TPSA) is 78.9 Å². The third-order valence-corrected chi connectivity index (χ3v) is 3.08. The van der Waals surface area contributed by atoms with Crippen LogP contribution in [0, 0.1) is 6.92 Å². The first-order valence-electron chi connectivity index (χ1n) is 6.86. The van der Waals surface area contributed by atoms with Crippen LogP contribution < -0.4 is 10.2 Å². The second kappa shape index (κ2) is 8.26. The third-order valence-electron chi connectivity index (χ3n) is 3.08. The van der Waals surface area contributed by atoms with E-state index in [2.05, 4.69) is 5.32 Å². The second-order valence-electron chi connectivity index (χ2n) is 4.71. The first-order chi connectivity index (χ1) is 9.99. The van der Waals surface area contributed by atoms with Crippen molar-refractivity contribution in [2.24, 2.45) is 0 Å². The smallest absolute Gasteiger partial charge is 0.326 e. The summed E-state index contributed by atoms with van der Waals surface area (Å²) in [6, 6.07) is 6.12. The summed E-state index contributed by atoms with van der Waals surface area (Å²) >= 11 is 0. The van der Waals surface area contributed by atoms with Crippen LogP contribution in [0.3, 0.4) is 0 Å². The summed E-state index contributed by atoms with van der Waals surface area (Å²) in [5, 5.41) is 11.7. The van der Waals surface area contributed by atoms with E-state index in [1.54, 1.807) is 0 Å². The Balaban J connectivity index is 2.80. The van der Waals surface area contributed by atoms with E-state index >= 15 is 0 Å². The van der Waals surface area contributed by atoms with Crippen LogP contribution in [0.25, 0.3) is 0 Å². The fraction of sp³-hybridized carbons (Fsp3) is 0.467. The van der Waals surface area contributed by atoms with Gasteiger partial charge in [-0.2, -0.15) is 0 Å². The van der Waals surface area contributed by atoms with Crippen molar-refractivity contribution in [3.05, 3.63) is 29.8 Å². The van der Waals surface area contributed by atoms with Crippen molar-refractivity contribution < 1.29 is 19.4 Å². The minimum Gasteiger partial charge on any atom is -0.480 e. The molecule has 116 valence electrons. The zero-order chi connectivity index (χ0) is 15.8. The average molecular weight is 294 g/mol. The molecule has 0 radical (unpaired) electrons. The Morgan fingerprint density at radius 1 is 1.43 bits per heavy atom. The molecule has 2 amide bonds. The predicted molar refractivity (Wildman–Crippen MR) is 80.6 cm³/mol. The average Bonchev–Trinajstić information content (AvgIpc) is 2.44. The highest BCUT2D eigenvalue weighted by Gasteiger charge is 2.23. The molecule has 1 atom stereocenters. The van der Waals surface area contributed by atoms with Crippen molar-refractivity contribution in [1.82, 2.24) is 5.32 Å². The monoisotopic (exact) mass is 294 g/mol. The van der Waals surface area contributed by atoms with E-state index in [1.165, 1.54) is 12.0 Å². The fourth-order valence-electron chi connectivity index (χ4n) is 1.96. The number of nitrogens with zero attached hydrogens (tertiary/aromatic N) is 1. The SMILES string of the molecule is CCN(C(=O)NC(CCOC)C(=O)O)c1cccc(C)c1. The van der Waals surface area contributed by atoms with Crippen molar-refractivity contribution in [1.29, 1.82) is 0 Å². The largest absolute Gasteiger partial charge is 0.480 e. The number of carboxylic acids is 1. The number of benzene rings is 1. The quantitative estimate of drug-likeness (QED) is 0.806. The Labute approximate surface area is 124 Å². The van der Waals surface area contributed by atoms with Gasteiger partial charge in [0.2, 0.25) is 0 Å². The van der Waals surface area contributed by atoms with Gasteiger partial charge in [-0.25, -0.2) is 9.59 Å². The van der Waals surface area contributed by atoms with Crippen LogP contribution in [0.2, 0.25) is 0 Å². The van der Waals surface area contributed by atoms with Crippen molar-refractivity contribution in [2.75, 3.05) is 25.2 Å². The standard InChI is InChI=1S/C15H22N2O4/c1-4-17(12-7-5-6-11(2)10-12)15(20)16-13(14(18)19)8-9-21-3/h5-7,10,13H,4,8-9H2,1-3H3,(H,16,20)(H,18,19). The lowest BCUT2D eigenvalue weighted by Crippen LogP contribution is -2.48. The molecule has 0 spiro atoms. The van der Waals surface area contributed by atoms with Crippen LogP contribution in [-0.4, -0.2) is 43.4 Å². The molecule has 21 heavy (non-hydrogen) atoms. The van der Waals surface area contributed by atoms with Crippen molar-refractivity contribution in [2.45, 2.75) is 26.3 Å². The van der Waals surface area contributed by atoms with Gasteiger partial charge in [0, 0.05) is 32.4 Å². The number of amides is 2. The molecule has 2 N–H and O–H groups in total. The van der Waals surface area contributed by atoms with Gasteiger partial charge in [-0.1, -0.05) is 12.1 Å². The summed E-state index contributed by atoms with van der Waals surface area (Å²) in [7, 11) is 1.49. The summed E-state index contributed by atoms with van der Waals surface area (Å²) < 4.78 is 4.86. The Morgan fingerprint density at radius 3 is 2.67 bits per heavy atom. The molecule has 1 rings (SSSR count).